The van der Waals surface area contributed by atoms with E-state index in [1.54, 1.807) is 18.3 Å². The molecule has 1 amide bonds. The summed E-state index contributed by atoms with van der Waals surface area (Å²) in [5.74, 6) is 7.09. The molecule has 1 saturated heterocycles. The third-order valence-electron chi connectivity index (χ3n) is 4.29. The maximum absolute atomic E-state index is 12.6. The van der Waals surface area contributed by atoms with Crippen LogP contribution in [0.25, 0.3) is 0 Å². The van der Waals surface area contributed by atoms with Gasteiger partial charge in [0.25, 0.3) is 5.91 Å². The number of nitrogens with one attached hydrogen (secondary N) is 1. The molecular weight excluding hydrogens is 366 g/mol. The summed E-state index contributed by atoms with van der Waals surface area (Å²) in [4.78, 5) is 16.8. The van der Waals surface area contributed by atoms with Crippen molar-refractivity contribution in [2.75, 3.05) is 21.9 Å². The van der Waals surface area contributed by atoms with Gasteiger partial charge < -0.3 is 9.62 Å². The summed E-state index contributed by atoms with van der Waals surface area (Å²) in [5.41, 5.74) is 4.01. The lowest BCUT2D eigenvalue weighted by Crippen LogP contribution is -2.12. The van der Waals surface area contributed by atoms with Gasteiger partial charge in [0.05, 0.1) is 0 Å². The summed E-state index contributed by atoms with van der Waals surface area (Å²) in [6.07, 6.45) is 2.92. The molecule has 0 aliphatic carbocycles. The van der Waals surface area contributed by atoms with Crippen LogP contribution in [0, 0.1) is 11.8 Å². The van der Waals surface area contributed by atoms with Gasteiger partial charge in [-0.3, -0.25) is 4.79 Å². The molecule has 1 fully saturated rings. The fourth-order valence-electron chi connectivity index (χ4n) is 2.88. The minimum Gasteiger partial charge on any atom is -0.322 e. The maximum Gasteiger partial charge on any atom is 0.255 e. The number of rotatable bonds is 3. The number of anilines is 2. The van der Waals surface area contributed by atoms with Crippen LogP contribution in [-0.2, 0) is 0 Å². The first kappa shape index (κ1) is 18.1. The number of nitrogens with zero attached hydrogens (tertiary/aromatic N) is 2. The maximum atomic E-state index is 12.6. The highest BCUT2D eigenvalue weighted by atomic mass is 32.2. The van der Waals surface area contributed by atoms with Crippen molar-refractivity contribution in [1.29, 1.82) is 0 Å². The summed E-state index contributed by atoms with van der Waals surface area (Å²) in [6.45, 7) is 1.07. The SMILES string of the molecule is O=C(Nc1ccc(N2CCCS2)cc1)c1cccc(C#Cc2ccccn2)c1. The average Bonchev–Trinajstić information content (AvgIpc) is 3.29. The van der Waals surface area contributed by atoms with E-state index < -0.39 is 0 Å². The standard InChI is InChI=1S/C23H19N3OS/c27-23(25-21-10-12-22(13-11-21)26-15-4-16-28-26)19-6-3-5-18(17-19)8-9-20-7-1-2-14-24-20/h1-3,5-7,10-14,17H,4,15-16H2,(H,25,27). The van der Waals surface area contributed by atoms with E-state index in [-0.39, 0.29) is 5.91 Å². The topological polar surface area (TPSA) is 45.2 Å². The van der Waals surface area contributed by atoms with Crippen molar-refractivity contribution in [1.82, 2.24) is 4.98 Å². The summed E-state index contributed by atoms with van der Waals surface area (Å²) in [7, 11) is 0. The Morgan fingerprint density at radius 3 is 2.68 bits per heavy atom. The lowest BCUT2D eigenvalue weighted by Gasteiger charge is -2.16. The van der Waals surface area contributed by atoms with Gasteiger partial charge in [0, 0.05) is 41.0 Å². The number of pyridine rings is 1. The van der Waals surface area contributed by atoms with Gasteiger partial charge in [0.2, 0.25) is 0 Å². The van der Waals surface area contributed by atoms with Crippen LogP contribution >= 0.6 is 11.9 Å². The van der Waals surface area contributed by atoms with Gasteiger partial charge in [0.1, 0.15) is 5.69 Å². The molecule has 1 aromatic heterocycles. The van der Waals surface area contributed by atoms with Crippen LogP contribution in [0.5, 0.6) is 0 Å². The predicted octanol–water partition coefficient (Wildman–Crippen LogP) is 4.59. The zero-order valence-corrected chi connectivity index (χ0v) is 16.1. The zero-order valence-electron chi connectivity index (χ0n) is 15.3. The van der Waals surface area contributed by atoms with E-state index in [4.69, 9.17) is 0 Å². The minimum atomic E-state index is -0.148. The number of amides is 1. The van der Waals surface area contributed by atoms with Gasteiger partial charge in [-0.2, -0.15) is 0 Å². The predicted molar refractivity (Wildman–Crippen MR) is 115 cm³/mol. The molecule has 4 rings (SSSR count). The molecular formula is C23H19N3OS. The first-order chi connectivity index (χ1) is 13.8. The number of aromatic nitrogens is 1. The normalized spacial score (nSPS) is 12.9. The van der Waals surface area contributed by atoms with Crippen molar-refractivity contribution in [2.45, 2.75) is 6.42 Å². The van der Waals surface area contributed by atoms with Crippen molar-refractivity contribution >= 4 is 29.2 Å². The largest absolute Gasteiger partial charge is 0.322 e. The molecule has 5 heteroatoms. The van der Waals surface area contributed by atoms with Gasteiger partial charge in [-0.1, -0.05) is 18.1 Å². The first-order valence-corrected chi connectivity index (χ1v) is 10.1. The highest BCUT2D eigenvalue weighted by Crippen LogP contribution is 2.29. The van der Waals surface area contributed by atoms with E-state index in [2.05, 4.69) is 26.4 Å². The van der Waals surface area contributed by atoms with Crippen molar-refractivity contribution in [3.63, 3.8) is 0 Å². The van der Waals surface area contributed by atoms with Crippen molar-refractivity contribution in [3.05, 3.63) is 89.7 Å². The summed E-state index contributed by atoms with van der Waals surface area (Å²) < 4.78 is 2.29. The first-order valence-electron chi connectivity index (χ1n) is 9.13. The molecule has 0 saturated carbocycles. The van der Waals surface area contributed by atoms with Gasteiger partial charge in [-0.25, -0.2) is 4.98 Å². The Labute approximate surface area is 169 Å². The van der Waals surface area contributed by atoms with Crippen LogP contribution in [0.4, 0.5) is 11.4 Å². The third-order valence-corrected chi connectivity index (χ3v) is 5.47. The average molecular weight is 385 g/mol. The quantitative estimate of drug-likeness (QED) is 0.529. The Morgan fingerprint density at radius 2 is 1.93 bits per heavy atom. The number of hydrogen-bond acceptors (Lipinski definition) is 4. The summed E-state index contributed by atoms with van der Waals surface area (Å²) in [5, 5.41) is 2.95. The molecule has 1 aliphatic heterocycles. The zero-order chi connectivity index (χ0) is 19.2. The van der Waals surface area contributed by atoms with Crippen LogP contribution in [0.3, 0.4) is 0 Å². The fraction of sp³-hybridized carbons (Fsp3) is 0.130. The van der Waals surface area contributed by atoms with E-state index in [1.807, 2.05) is 66.5 Å². The molecule has 4 nitrogen and oxygen atoms in total. The number of carbonyl (C=O) groups excluding carboxylic acids is 1. The van der Waals surface area contributed by atoms with E-state index in [0.29, 0.717) is 11.3 Å². The van der Waals surface area contributed by atoms with Crippen LogP contribution in [0.15, 0.2) is 72.9 Å². The molecule has 2 aromatic carbocycles. The number of carbonyl (C=O) groups is 1. The molecule has 3 aromatic rings. The Bertz CT molecular complexity index is 1020. The Balaban J connectivity index is 1.44. The smallest absolute Gasteiger partial charge is 0.255 e. The molecule has 2 heterocycles. The van der Waals surface area contributed by atoms with Crippen LogP contribution in [0.1, 0.15) is 28.0 Å². The molecule has 0 spiro atoms. The van der Waals surface area contributed by atoms with Crippen LogP contribution in [-0.4, -0.2) is 23.2 Å². The van der Waals surface area contributed by atoms with Crippen molar-refractivity contribution in [3.8, 4) is 11.8 Å². The molecule has 0 unspecified atom stereocenters. The number of benzene rings is 2. The van der Waals surface area contributed by atoms with Gasteiger partial charge in [-0.05, 0) is 78.9 Å². The second-order valence-electron chi connectivity index (χ2n) is 6.34. The summed E-state index contributed by atoms with van der Waals surface area (Å²) in [6, 6.07) is 20.9. The molecule has 1 aliphatic rings. The van der Waals surface area contributed by atoms with E-state index in [9.17, 15) is 4.79 Å². The lowest BCUT2D eigenvalue weighted by atomic mass is 10.1. The molecule has 138 valence electrons. The third kappa shape index (κ3) is 4.54. The second-order valence-corrected chi connectivity index (χ2v) is 7.44. The van der Waals surface area contributed by atoms with E-state index >= 15 is 0 Å². The van der Waals surface area contributed by atoms with Gasteiger partial charge >= 0.3 is 0 Å². The molecule has 1 N–H and O–H groups in total. The molecule has 0 radical (unpaired) electrons. The lowest BCUT2D eigenvalue weighted by molar-refractivity contribution is 0.102. The Hall–Kier alpha value is -3.23. The minimum absolute atomic E-state index is 0.148. The van der Waals surface area contributed by atoms with Gasteiger partial charge in [0.15, 0.2) is 0 Å². The Kier molecular flexibility index (Phi) is 5.60. The molecule has 0 bridgehead atoms. The van der Waals surface area contributed by atoms with Gasteiger partial charge in [-0.15, -0.1) is 0 Å². The highest BCUT2D eigenvalue weighted by Gasteiger charge is 2.13. The molecule has 28 heavy (non-hydrogen) atoms. The highest BCUT2D eigenvalue weighted by molar-refractivity contribution is 8.00. The van der Waals surface area contributed by atoms with Crippen molar-refractivity contribution < 1.29 is 4.79 Å². The van der Waals surface area contributed by atoms with Crippen LogP contribution in [0.2, 0.25) is 0 Å². The Morgan fingerprint density at radius 1 is 1.04 bits per heavy atom. The second kappa shape index (κ2) is 8.64. The number of hydrogen-bond donors (Lipinski definition) is 1. The van der Waals surface area contributed by atoms with Crippen LogP contribution < -0.4 is 9.62 Å². The van der Waals surface area contributed by atoms with E-state index in [0.717, 1.165) is 23.5 Å². The fourth-order valence-corrected chi connectivity index (χ4v) is 3.88. The van der Waals surface area contributed by atoms with Crippen molar-refractivity contribution in [2.24, 2.45) is 0 Å². The molecule has 0 atom stereocenters. The summed E-state index contributed by atoms with van der Waals surface area (Å²) >= 11 is 1.85. The monoisotopic (exact) mass is 385 g/mol. The van der Waals surface area contributed by atoms with E-state index in [1.165, 1.54) is 12.1 Å².